The Hall–Kier alpha value is -3.84. The fourth-order valence-electron chi connectivity index (χ4n) is 3.81. The van der Waals surface area contributed by atoms with Gasteiger partial charge in [-0.1, -0.05) is 17.7 Å². The van der Waals surface area contributed by atoms with Gasteiger partial charge < -0.3 is 14.6 Å². The number of nitrogens with zero attached hydrogens (tertiary/aromatic N) is 2. The number of aromatic nitrogens is 1. The number of hydrogen-bond acceptors (Lipinski definition) is 6. The largest absolute Gasteiger partial charge is 0.507 e. The second kappa shape index (κ2) is 9.34. The number of rotatable bonds is 6. The molecule has 1 aliphatic heterocycles. The van der Waals surface area contributed by atoms with E-state index < -0.39 is 17.7 Å². The molecule has 1 aromatic heterocycles. The van der Waals surface area contributed by atoms with Crippen LogP contribution in [0.2, 0.25) is 5.02 Å². The molecular formula is C25H21ClN2O5. The molecule has 0 radical (unpaired) electrons. The third kappa shape index (κ3) is 4.15. The summed E-state index contributed by atoms with van der Waals surface area (Å²) in [6, 6.07) is 14.1. The summed E-state index contributed by atoms with van der Waals surface area (Å²) in [7, 11) is 1.51. The third-order valence-electron chi connectivity index (χ3n) is 5.30. The van der Waals surface area contributed by atoms with Gasteiger partial charge in [0.1, 0.15) is 17.3 Å². The number of carbonyl (C=O) groups excluding carboxylic acids is 2. The van der Waals surface area contributed by atoms with E-state index in [1.165, 1.54) is 12.0 Å². The number of aliphatic hydroxyl groups is 1. The Balaban J connectivity index is 1.94. The predicted molar refractivity (Wildman–Crippen MR) is 125 cm³/mol. The van der Waals surface area contributed by atoms with Crippen LogP contribution in [0.15, 0.2) is 72.6 Å². The standard InChI is InChI=1S/C25H21ClN2O5/c1-3-33-18-7-8-20(26)19(14-18)23(29)21-22(15-9-11-27-12-10-15)28(25(31)24(21)30)16-5-4-6-17(13-16)32-2/h4-14,22,29H,3H2,1-2H3/b23-21+. The van der Waals surface area contributed by atoms with Crippen LogP contribution in [0.4, 0.5) is 5.69 Å². The van der Waals surface area contributed by atoms with Gasteiger partial charge in [-0.15, -0.1) is 0 Å². The number of methoxy groups -OCH3 is 1. The maximum Gasteiger partial charge on any atom is 0.300 e. The van der Waals surface area contributed by atoms with Crippen LogP contribution >= 0.6 is 11.6 Å². The molecule has 1 aliphatic rings. The molecule has 0 bridgehead atoms. The molecule has 1 N–H and O–H groups in total. The molecule has 7 nitrogen and oxygen atoms in total. The Bertz CT molecular complexity index is 1240. The Labute approximate surface area is 195 Å². The average molecular weight is 465 g/mol. The summed E-state index contributed by atoms with van der Waals surface area (Å²) in [5.41, 5.74) is 1.17. The first-order chi connectivity index (χ1) is 16.0. The zero-order chi connectivity index (χ0) is 23.5. The summed E-state index contributed by atoms with van der Waals surface area (Å²) >= 11 is 6.35. The Morgan fingerprint density at radius 3 is 2.55 bits per heavy atom. The molecule has 1 saturated heterocycles. The van der Waals surface area contributed by atoms with Crippen molar-refractivity contribution in [2.45, 2.75) is 13.0 Å². The van der Waals surface area contributed by atoms with E-state index in [1.54, 1.807) is 67.0 Å². The molecule has 0 aliphatic carbocycles. The average Bonchev–Trinajstić information content (AvgIpc) is 3.11. The number of ether oxygens (including phenoxy) is 2. The molecule has 2 heterocycles. The highest BCUT2D eigenvalue weighted by Crippen LogP contribution is 2.43. The fourth-order valence-corrected chi connectivity index (χ4v) is 4.01. The third-order valence-corrected chi connectivity index (χ3v) is 5.63. The first-order valence-electron chi connectivity index (χ1n) is 10.2. The van der Waals surface area contributed by atoms with Crippen molar-refractivity contribution in [2.24, 2.45) is 0 Å². The van der Waals surface area contributed by atoms with E-state index in [0.29, 0.717) is 29.4 Å². The zero-order valence-corrected chi connectivity index (χ0v) is 18.7. The van der Waals surface area contributed by atoms with E-state index >= 15 is 0 Å². The fraction of sp³-hybridized carbons (Fsp3) is 0.160. The van der Waals surface area contributed by atoms with Crippen molar-refractivity contribution in [3.8, 4) is 11.5 Å². The number of pyridine rings is 1. The topological polar surface area (TPSA) is 89.0 Å². The SMILES string of the molecule is CCOc1ccc(Cl)c(/C(O)=C2\C(=O)C(=O)N(c3cccc(OC)c3)C2c2ccncc2)c1. The summed E-state index contributed by atoms with van der Waals surface area (Å²) in [5, 5.41) is 11.5. The number of hydrogen-bond donors (Lipinski definition) is 1. The van der Waals surface area contributed by atoms with Crippen LogP contribution in [-0.4, -0.2) is 35.5 Å². The van der Waals surface area contributed by atoms with Gasteiger partial charge in [0.2, 0.25) is 0 Å². The Morgan fingerprint density at radius 1 is 1.09 bits per heavy atom. The monoisotopic (exact) mass is 464 g/mol. The molecule has 2 aromatic carbocycles. The normalized spacial score (nSPS) is 17.3. The molecule has 4 rings (SSSR count). The quantitative estimate of drug-likeness (QED) is 0.321. The number of anilines is 1. The van der Waals surface area contributed by atoms with E-state index in [1.807, 2.05) is 6.92 Å². The van der Waals surface area contributed by atoms with Crippen molar-refractivity contribution in [1.82, 2.24) is 4.98 Å². The van der Waals surface area contributed by atoms with E-state index in [9.17, 15) is 14.7 Å². The highest BCUT2D eigenvalue weighted by atomic mass is 35.5. The number of ketones is 1. The predicted octanol–water partition coefficient (Wildman–Crippen LogP) is 4.77. The summed E-state index contributed by atoms with van der Waals surface area (Å²) in [6.45, 7) is 2.25. The molecule has 8 heteroatoms. The molecule has 0 saturated carbocycles. The first-order valence-corrected chi connectivity index (χ1v) is 10.6. The molecule has 1 amide bonds. The van der Waals surface area contributed by atoms with Crippen molar-refractivity contribution >= 4 is 34.7 Å². The number of halogens is 1. The van der Waals surface area contributed by atoms with Gasteiger partial charge in [-0.3, -0.25) is 19.5 Å². The minimum Gasteiger partial charge on any atom is -0.507 e. The molecule has 33 heavy (non-hydrogen) atoms. The number of amides is 1. The van der Waals surface area contributed by atoms with Crippen LogP contribution in [0.25, 0.3) is 5.76 Å². The maximum atomic E-state index is 13.2. The summed E-state index contributed by atoms with van der Waals surface area (Å²) in [5.74, 6) is -0.980. The molecule has 0 spiro atoms. The van der Waals surface area contributed by atoms with Gasteiger partial charge in [-0.2, -0.15) is 0 Å². The van der Waals surface area contributed by atoms with Gasteiger partial charge in [0.15, 0.2) is 0 Å². The lowest BCUT2D eigenvalue weighted by Crippen LogP contribution is -2.29. The highest BCUT2D eigenvalue weighted by Gasteiger charge is 2.47. The molecule has 1 fully saturated rings. The minimum absolute atomic E-state index is 0.0791. The van der Waals surface area contributed by atoms with Crippen molar-refractivity contribution in [3.05, 3.63) is 88.7 Å². The van der Waals surface area contributed by atoms with Crippen molar-refractivity contribution in [1.29, 1.82) is 0 Å². The van der Waals surface area contributed by atoms with Gasteiger partial charge in [-0.05, 0) is 55.0 Å². The Kier molecular flexibility index (Phi) is 6.33. The van der Waals surface area contributed by atoms with Crippen molar-refractivity contribution in [3.63, 3.8) is 0 Å². The summed E-state index contributed by atoms with van der Waals surface area (Å²) < 4.78 is 10.8. The van der Waals surface area contributed by atoms with Gasteiger partial charge in [0.05, 0.1) is 30.4 Å². The van der Waals surface area contributed by atoms with Crippen LogP contribution in [0.5, 0.6) is 11.5 Å². The first kappa shape index (κ1) is 22.4. The van der Waals surface area contributed by atoms with E-state index in [2.05, 4.69) is 4.98 Å². The number of aliphatic hydroxyl groups excluding tert-OH is 1. The van der Waals surface area contributed by atoms with Crippen LogP contribution in [0, 0.1) is 0 Å². The second-order valence-electron chi connectivity index (χ2n) is 7.23. The van der Waals surface area contributed by atoms with Crippen LogP contribution < -0.4 is 14.4 Å². The molecule has 1 unspecified atom stereocenters. The number of carbonyl (C=O) groups is 2. The smallest absolute Gasteiger partial charge is 0.300 e. The zero-order valence-electron chi connectivity index (χ0n) is 18.0. The molecule has 3 aromatic rings. The van der Waals surface area contributed by atoms with Gasteiger partial charge in [-0.25, -0.2) is 0 Å². The van der Waals surface area contributed by atoms with Crippen LogP contribution in [-0.2, 0) is 9.59 Å². The van der Waals surface area contributed by atoms with Gasteiger partial charge in [0, 0.05) is 29.7 Å². The summed E-state index contributed by atoms with van der Waals surface area (Å²) in [6.07, 6.45) is 3.12. The lowest BCUT2D eigenvalue weighted by molar-refractivity contribution is -0.132. The second-order valence-corrected chi connectivity index (χ2v) is 7.63. The van der Waals surface area contributed by atoms with Crippen molar-refractivity contribution < 1.29 is 24.2 Å². The van der Waals surface area contributed by atoms with Crippen molar-refractivity contribution in [2.75, 3.05) is 18.6 Å². The molecular weight excluding hydrogens is 444 g/mol. The van der Waals surface area contributed by atoms with Gasteiger partial charge >= 0.3 is 0 Å². The van der Waals surface area contributed by atoms with E-state index in [-0.39, 0.29) is 21.9 Å². The summed E-state index contributed by atoms with van der Waals surface area (Å²) in [4.78, 5) is 31.8. The number of benzene rings is 2. The van der Waals surface area contributed by atoms with Crippen LogP contribution in [0.3, 0.4) is 0 Å². The van der Waals surface area contributed by atoms with E-state index in [0.717, 1.165) is 0 Å². The van der Waals surface area contributed by atoms with E-state index in [4.69, 9.17) is 21.1 Å². The van der Waals surface area contributed by atoms with Gasteiger partial charge in [0.25, 0.3) is 11.7 Å². The molecule has 168 valence electrons. The maximum absolute atomic E-state index is 13.2. The lowest BCUT2D eigenvalue weighted by atomic mass is 9.95. The molecule has 1 atom stereocenters. The minimum atomic E-state index is -0.896. The van der Waals surface area contributed by atoms with Crippen LogP contribution in [0.1, 0.15) is 24.1 Å². The Morgan fingerprint density at radius 2 is 1.85 bits per heavy atom. The lowest BCUT2D eigenvalue weighted by Gasteiger charge is -2.25. The number of Topliss-reactive ketones (excluding diaryl/α,β-unsaturated/α-hetero) is 1. The highest BCUT2D eigenvalue weighted by molar-refractivity contribution is 6.52.